The summed E-state index contributed by atoms with van der Waals surface area (Å²) in [4.78, 5) is 27.9. The van der Waals surface area contributed by atoms with Gasteiger partial charge < -0.3 is 10.0 Å². The van der Waals surface area contributed by atoms with Crippen LogP contribution in [0.5, 0.6) is 0 Å². The highest BCUT2D eigenvalue weighted by atomic mass is 19.1. The molecule has 4 nitrogen and oxygen atoms in total. The van der Waals surface area contributed by atoms with Crippen molar-refractivity contribution in [2.24, 2.45) is 0 Å². The quantitative estimate of drug-likeness (QED) is 0.598. The predicted molar refractivity (Wildman–Crippen MR) is 120 cm³/mol. The van der Waals surface area contributed by atoms with Gasteiger partial charge in [-0.25, -0.2) is 4.39 Å². The summed E-state index contributed by atoms with van der Waals surface area (Å²) in [7, 11) is 0. The summed E-state index contributed by atoms with van der Waals surface area (Å²) in [6.07, 6.45) is 3.87. The molecule has 32 heavy (non-hydrogen) atoms. The van der Waals surface area contributed by atoms with E-state index >= 15 is 0 Å². The maximum atomic E-state index is 14.3. The second-order valence-electron chi connectivity index (χ2n) is 8.65. The molecule has 2 aliphatic rings. The molecule has 1 atom stereocenters. The third-order valence-electron chi connectivity index (χ3n) is 6.61. The van der Waals surface area contributed by atoms with Crippen molar-refractivity contribution in [3.63, 3.8) is 0 Å². The molecule has 162 valence electrons. The summed E-state index contributed by atoms with van der Waals surface area (Å²) in [5.74, 6) is -1.30. The number of ketones is 1. The fourth-order valence-electron chi connectivity index (χ4n) is 4.87. The summed E-state index contributed by atoms with van der Waals surface area (Å²) in [5, 5.41) is 11.5. The van der Waals surface area contributed by atoms with E-state index in [1.807, 2.05) is 12.1 Å². The third kappa shape index (κ3) is 3.43. The van der Waals surface area contributed by atoms with Crippen LogP contribution in [0, 0.1) is 5.82 Å². The second kappa shape index (κ2) is 7.99. The Balaban J connectivity index is 1.46. The number of aliphatic hydroxyl groups is 1. The van der Waals surface area contributed by atoms with E-state index < -0.39 is 17.3 Å². The lowest BCUT2D eigenvalue weighted by Crippen LogP contribution is -2.41. The van der Waals surface area contributed by atoms with Crippen molar-refractivity contribution in [2.75, 3.05) is 4.90 Å². The van der Waals surface area contributed by atoms with Crippen LogP contribution in [0.15, 0.2) is 66.7 Å². The number of para-hydroxylation sites is 1. The SMILES string of the molecule is O=C(CC1(O)C(=O)N(Cc2ccccc2F)c2ccccc21)c1ccc2c(c1)CCCC2. The topological polar surface area (TPSA) is 57.6 Å². The molecule has 1 unspecified atom stereocenters. The van der Waals surface area contributed by atoms with E-state index in [9.17, 15) is 19.1 Å². The van der Waals surface area contributed by atoms with Crippen LogP contribution in [-0.2, 0) is 29.8 Å². The first-order valence-corrected chi connectivity index (χ1v) is 11.0. The maximum Gasteiger partial charge on any atom is 0.264 e. The summed E-state index contributed by atoms with van der Waals surface area (Å²) >= 11 is 0. The van der Waals surface area contributed by atoms with Gasteiger partial charge in [0.05, 0.1) is 18.7 Å². The summed E-state index contributed by atoms with van der Waals surface area (Å²) in [5.41, 5.74) is 2.21. The third-order valence-corrected chi connectivity index (χ3v) is 6.61. The molecule has 1 N–H and O–H groups in total. The Kier molecular flexibility index (Phi) is 5.14. The molecule has 5 heteroatoms. The summed E-state index contributed by atoms with van der Waals surface area (Å²) in [6.45, 7) is -0.0160. The fourth-order valence-corrected chi connectivity index (χ4v) is 4.87. The molecule has 1 amide bonds. The molecule has 0 saturated carbocycles. The van der Waals surface area contributed by atoms with Crippen LogP contribution in [0.2, 0.25) is 0 Å². The Morgan fingerprint density at radius 1 is 0.969 bits per heavy atom. The minimum atomic E-state index is -1.98. The highest BCUT2D eigenvalue weighted by Gasteiger charge is 2.50. The average Bonchev–Trinajstić information content (AvgIpc) is 3.02. The minimum Gasteiger partial charge on any atom is -0.375 e. The van der Waals surface area contributed by atoms with Crippen molar-refractivity contribution >= 4 is 17.4 Å². The predicted octanol–water partition coefficient (Wildman–Crippen LogP) is 4.71. The van der Waals surface area contributed by atoms with Gasteiger partial charge in [0.2, 0.25) is 0 Å². The molecule has 0 bridgehead atoms. The molecule has 1 aliphatic heterocycles. The monoisotopic (exact) mass is 429 g/mol. The van der Waals surface area contributed by atoms with Gasteiger partial charge >= 0.3 is 0 Å². The van der Waals surface area contributed by atoms with Gasteiger partial charge in [-0.1, -0.05) is 48.5 Å². The van der Waals surface area contributed by atoms with E-state index in [2.05, 4.69) is 0 Å². The lowest BCUT2D eigenvalue weighted by atomic mass is 9.85. The molecular formula is C27H24FNO3. The van der Waals surface area contributed by atoms with Crippen LogP contribution >= 0.6 is 0 Å². The van der Waals surface area contributed by atoms with E-state index in [1.165, 1.54) is 22.1 Å². The molecule has 5 rings (SSSR count). The smallest absolute Gasteiger partial charge is 0.264 e. The lowest BCUT2D eigenvalue weighted by molar-refractivity contribution is -0.136. The number of benzene rings is 3. The summed E-state index contributed by atoms with van der Waals surface area (Å²) < 4.78 is 14.3. The Bertz CT molecular complexity index is 1220. The zero-order valence-corrected chi connectivity index (χ0v) is 17.7. The number of aryl methyl sites for hydroxylation is 2. The van der Waals surface area contributed by atoms with Crippen molar-refractivity contribution in [1.29, 1.82) is 0 Å². The van der Waals surface area contributed by atoms with Crippen molar-refractivity contribution in [1.82, 2.24) is 0 Å². The van der Waals surface area contributed by atoms with Crippen molar-refractivity contribution in [3.05, 3.63) is 100 Å². The number of hydrogen-bond donors (Lipinski definition) is 1. The van der Waals surface area contributed by atoms with Gasteiger partial charge in [0.15, 0.2) is 11.4 Å². The molecule has 1 aliphatic carbocycles. The van der Waals surface area contributed by atoms with Gasteiger partial charge in [-0.2, -0.15) is 0 Å². The molecule has 3 aromatic carbocycles. The largest absolute Gasteiger partial charge is 0.375 e. The van der Waals surface area contributed by atoms with E-state index in [4.69, 9.17) is 0 Å². The van der Waals surface area contributed by atoms with Crippen molar-refractivity contribution in [2.45, 2.75) is 44.2 Å². The zero-order chi connectivity index (χ0) is 22.3. The molecule has 0 radical (unpaired) electrons. The molecule has 0 saturated heterocycles. The normalized spacial score (nSPS) is 19.6. The van der Waals surface area contributed by atoms with Crippen LogP contribution in [0.3, 0.4) is 0 Å². The molecule has 3 aromatic rings. The Hall–Kier alpha value is -3.31. The first kappa shape index (κ1) is 20.6. The van der Waals surface area contributed by atoms with Crippen LogP contribution in [0.1, 0.15) is 51.9 Å². The number of fused-ring (bicyclic) bond motifs is 2. The first-order valence-electron chi connectivity index (χ1n) is 11.0. The highest BCUT2D eigenvalue weighted by molar-refractivity contribution is 6.10. The van der Waals surface area contributed by atoms with E-state index in [0.29, 0.717) is 22.4 Å². The van der Waals surface area contributed by atoms with Crippen LogP contribution in [0.4, 0.5) is 10.1 Å². The fraction of sp³-hybridized carbons (Fsp3) is 0.259. The minimum absolute atomic E-state index is 0.0160. The zero-order valence-electron chi connectivity index (χ0n) is 17.7. The number of nitrogens with zero attached hydrogens (tertiary/aromatic N) is 1. The Labute approximate surface area is 186 Å². The molecule has 0 aromatic heterocycles. The van der Waals surface area contributed by atoms with Gasteiger partial charge in [-0.15, -0.1) is 0 Å². The molecule has 0 fully saturated rings. The number of carbonyl (C=O) groups excluding carboxylic acids is 2. The van der Waals surface area contributed by atoms with Crippen LogP contribution < -0.4 is 4.90 Å². The van der Waals surface area contributed by atoms with E-state index in [0.717, 1.165) is 25.7 Å². The maximum absolute atomic E-state index is 14.3. The standard InChI is InChI=1S/C27H24FNO3/c28-23-11-5-3-9-21(23)17-29-24-12-6-4-10-22(24)27(32,26(29)31)16-25(30)20-14-13-18-7-1-2-8-19(18)15-20/h3-6,9-15,32H,1-2,7-8,16-17H2. The second-order valence-corrected chi connectivity index (χ2v) is 8.65. The van der Waals surface area contributed by atoms with Crippen molar-refractivity contribution < 1.29 is 19.1 Å². The number of anilines is 1. The number of Topliss-reactive ketones (excluding diaryl/α,β-unsaturated/α-hetero) is 1. The number of amides is 1. The average molecular weight is 429 g/mol. The van der Waals surface area contributed by atoms with Gasteiger partial charge in [-0.05, 0) is 55.0 Å². The molecule has 1 heterocycles. The van der Waals surface area contributed by atoms with Crippen LogP contribution in [-0.4, -0.2) is 16.8 Å². The van der Waals surface area contributed by atoms with Crippen LogP contribution in [0.25, 0.3) is 0 Å². The van der Waals surface area contributed by atoms with Gasteiger partial charge in [0.1, 0.15) is 5.82 Å². The number of halogens is 1. The van der Waals surface area contributed by atoms with Gasteiger partial charge in [0, 0.05) is 16.7 Å². The van der Waals surface area contributed by atoms with E-state index in [-0.39, 0.29) is 18.7 Å². The number of hydrogen-bond acceptors (Lipinski definition) is 3. The first-order chi connectivity index (χ1) is 15.5. The van der Waals surface area contributed by atoms with E-state index in [1.54, 1.807) is 48.5 Å². The number of rotatable bonds is 5. The Morgan fingerprint density at radius 3 is 2.50 bits per heavy atom. The molecule has 0 spiro atoms. The number of carbonyl (C=O) groups is 2. The van der Waals surface area contributed by atoms with Gasteiger partial charge in [-0.3, -0.25) is 9.59 Å². The Morgan fingerprint density at radius 2 is 1.69 bits per heavy atom. The van der Waals surface area contributed by atoms with Crippen molar-refractivity contribution in [3.8, 4) is 0 Å². The molecular weight excluding hydrogens is 405 g/mol. The summed E-state index contributed by atoms with van der Waals surface area (Å²) in [6, 6.07) is 18.8. The van der Waals surface area contributed by atoms with Gasteiger partial charge in [0.25, 0.3) is 5.91 Å². The lowest BCUT2D eigenvalue weighted by Gasteiger charge is -2.23. The highest BCUT2D eigenvalue weighted by Crippen LogP contribution is 2.43.